The van der Waals surface area contributed by atoms with Crippen molar-refractivity contribution in [3.8, 4) is 0 Å². The lowest BCUT2D eigenvalue weighted by Gasteiger charge is -2.17. The first kappa shape index (κ1) is 15.4. The van der Waals surface area contributed by atoms with Gasteiger partial charge in [0.05, 0.1) is 4.92 Å². The molecule has 0 radical (unpaired) electrons. The summed E-state index contributed by atoms with van der Waals surface area (Å²) in [5.74, 6) is -0.283. The fourth-order valence-corrected chi connectivity index (χ4v) is 2.27. The summed E-state index contributed by atoms with van der Waals surface area (Å²) in [5, 5.41) is 11.3. The molecule has 0 saturated heterocycles. The van der Waals surface area contributed by atoms with Gasteiger partial charge in [-0.2, -0.15) is 0 Å². The molecule has 0 N–H and O–H groups in total. The van der Waals surface area contributed by atoms with Crippen LogP contribution in [0.2, 0.25) is 5.02 Å². The van der Waals surface area contributed by atoms with Crippen LogP contribution in [0, 0.1) is 15.9 Å². The van der Waals surface area contributed by atoms with Crippen LogP contribution in [-0.2, 0) is 13.1 Å². The van der Waals surface area contributed by atoms with Crippen molar-refractivity contribution < 1.29 is 9.31 Å². The van der Waals surface area contributed by atoms with Gasteiger partial charge in [0.1, 0.15) is 5.82 Å². The molecule has 0 aromatic heterocycles. The van der Waals surface area contributed by atoms with E-state index in [1.807, 2.05) is 18.0 Å². The largest absolute Gasteiger partial charge is 0.298 e. The first-order chi connectivity index (χ1) is 9.95. The van der Waals surface area contributed by atoms with Crippen molar-refractivity contribution in [3.05, 3.63) is 74.5 Å². The van der Waals surface area contributed by atoms with Crippen LogP contribution in [0.5, 0.6) is 0 Å². The summed E-state index contributed by atoms with van der Waals surface area (Å²) in [6.45, 7) is 0.966. The zero-order valence-corrected chi connectivity index (χ0v) is 12.2. The molecule has 6 heteroatoms. The molecule has 0 spiro atoms. The Balaban J connectivity index is 2.10. The fourth-order valence-electron chi connectivity index (χ4n) is 2.09. The Bertz CT molecular complexity index is 664. The number of nitrogens with zero attached hydrogens (tertiary/aromatic N) is 2. The second-order valence-corrected chi connectivity index (χ2v) is 5.24. The van der Waals surface area contributed by atoms with Crippen molar-refractivity contribution in [3.63, 3.8) is 0 Å². The standard InChI is InChI=1S/C15H14ClFN2O2/c1-18(9-11-3-2-4-13(17)7-11)10-12-8-14(19(20)21)5-6-15(12)16/h2-8H,9-10H2,1H3. The number of nitro groups is 1. The lowest BCUT2D eigenvalue weighted by atomic mass is 10.1. The van der Waals surface area contributed by atoms with Gasteiger partial charge in [-0.3, -0.25) is 15.0 Å². The van der Waals surface area contributed by atoms with Crippen LogP contribution in [0.15, 0.2) is 42.5 Å². The first-order valence-corrected chi connectivity index (χ1v) is 6.69. The van der Waals surface area contributed by atoms with E-state index < -0.39 is 4.92 Å². The molecule has 2 rings (SSSR count). The summed E-state index contributed by atoms with van der Waals surface area (Å²) in [6, 6.07) is 10.7. The molecular weight excluding hydrogens is 295 g/mol. The molecule has 21 heavy (non-hydrogen) atoms. The van der Waals surface area contributed by atoms with Crippen LogP contribution in [0.3, 0.4) is 0 Å². The summed E-state index contributed by atoms with van der Waals surface area (Å²) in [5.41, 5.74) is 1.51. The van der Waals surface area contributed by atoms with E-state index in [4.69, 9.17) is 11.6 Å². The summed E-state index contributed by atoms with van der Waals surface area (Å²) in [6.07, 6.45) is 0. The van der Waals surface area contributed by atoms with Crippen molar-refractivity contribution in [2.45, 2.75) is 13.1 Å². The van der Waals surface area contributed by atoms with E-state index in [0.29, 0.717) is 23.7 Å². The molecule has 110 valence electrons. The van der Waals surface area contributed by atoms with Gasteiger partial charge in [-0.1, -0.05) is 23.7 Å². The molecule has 2 aromatic rings. The second kappa shape index (κ2) is 6.65. The van der Waals surface area contributed by atoms with E-state index in [0.717, 1.165) is 5.56 Å². The third kappa shape index (κ3) is 4.24. The highest BCUT2D eigenvalue weighted by molar-refractivity contribution is 6.31. The second-order valence-electron chi connectivity index (χ2n) is 4.84. The van der Waals surface area contributed by atoms with Crippen molar-refractivity contribution in [2.24, 2.45) is 0 Å². The highest BCUT2D eigenvalue weighted by Gasteiger charge is 2.11. The minimum absolute atomic E-state index is 0.00792. The van der Waals surface area contributed by atoms with Gasteiger partial charge in [0.25, 0.3) is 5.69 Å². The third-order valence-corrected chi connectivity index (χ3v) is 3.39. The third-order valence-electron chi connectivity index (χ3n) is 3.02. The maximum Gasteiger partial charge on any atom is 0.269 e. The summed E-state index contributed by atoms with van der Waals surface area (Å²) >= 11 is 6.06. The molecule has 0 aliphatic carbocycles. The molecule has 0 unspecified atom stereocenters. The van der Waals surface area contributed by atoms with Gasteiger partial charge >= 0.3 is 0 Å². The molecule has 0 aliphatic rings. The molecular formula is C15H14ClFN2O2. The minimum Gasteiger partial charge on any atom is -0.298 e. The number of nitro benzene ring substituents is 1. The van der Waals surface area contributed by atoms with E-state index in [1.54, 1.807) is 6.07 Å². The van der Waals surface area contributed by atoms with E-state index >= 15 is 0 Å². The Hall–Kier alpha value is -1.98. The lowest BCUT2D eigenvalue weighted by molar-refractivity contribution is -0.384. The predicted octanol–water partition coefficient (Wildman–Crippen LogP) is 4.02. The van der Waals surface area contributed by atoms with Gasteiger partial charge in [-0.15, -0.1) is 0 Å². The van der Waals surface area contributed by atoms with Crippen LogP contribution in [0.25, 0.3) is 0 Å². The van der Waals surface area contributed by atoms with Crippen molar-refractivity contribution in [1.82, 2.24) is 4.90 Å². The Morgan fingerprint density at radius 3 is 2.67 bits per heavy atom. The molecule has 0 bridgehead atoms. The van der Waals surface area contributed by atoms with Crippen molar-refractivity contribution in [2.75, 3.05) is 7.05 Å². The number of hydrogen-bond donors (Lipinski definition) is 0. The zero-order valence-electron chi connectivity index (χ0n) is 11.4. The molecule has 0 amide bonds. The molecule has 0 saturated carbocycles. The van der Waals surface area contributed by atoms with Crippen LogP contribution in [-0.4, -0.2) is 16.9 Å². The van der Waals surface area contributed by atoms with Gasteiger partial charge in [-0.25, -0.2) is 4.39 Å². The normalized spacial score (nSPS) is 10.9. The Labute approximate surface area is 126 Å². The molecule has 2 aromatic carbocycles. The van der Waals surface area contributed by atoms with Crippen molar-refractivity contribution in [1.29, 1.82) is 0 Å². The molecule has 0 heterocycles. The number of benzene rings is 2. The van der Waals surface area contributed by atoms with E-state index in [2.05, 4.69) is 0 Å². The van der Waals surface area contributed by atoms with E-state index in [1.165, 1.54) is 30.3 Å². The summed E-state index contributed by atoms with van der Waals surface area (Å²) < 4.78 is 13.1. The Morgan fingerprint density at radius 2 is 2.00 bits per heavy atom. The summed E-state index contributed by atoms with van der Waals surface area (Å²) in [7, 11) is 1.85. The average molecular weight is 309 g/mol. The average Bonchev–Trinajstić information content (AvgIpc) is 2.41. The molecule has 4 nitrogen and oxygen atoms in total. The molecule has 0 atom stereocenters. The molecule has 0 aliphatic heterocycles. The van der Waals surface area contributed by atoms with Gasteiger partial charge < -0.3 is 0 Å². The monoisotopic (exact) mass is 308 g/mol. The lowest BCUT2D eigenvalue weighted by Crippen LogP contribution is -2.17. The SMILES string of the molecule is CN(Cc1cccc(F)c1)Cc1cc([N+](=O)[O-])ccc1Cl. The van der Waals surface area contributed by atoms with Gasteiger partial charge in [-0.05, 0) is 36.4 Å². The quantitative estimate of drug-likeness (QED) is 0.619. The topological polar surface area (TPSA) is 46.4 Å². The van der Waals surface area contributed by atoms with Gasteiger partial charge in [0, 0.05) is 30.2 Å². The maximum absolute atomic E-state index is 13.1. The predicted molar refractivity (Wildman–Crippen MR) is 79.7 cm³/mol. The van der Waals surface area contributed by atoms with E-state index in [9.17, 15) is 14.5 Å². The Morgan fingerprint density at radius 1 is 1.24 bits per heavy atom. The zero-order chi connectivity index (χ0) is 15.4. The van der Waals surface area contributed by atoms with Gasteiger partial charge in [0.15, 0.2) is 0 Å². The highest BCUT2D eigenvalue weighted by atomic mass is 35.5. The van der Waals surface area contributed by atoms with Crippen LogP contribution < -0.4 is 0 Å². The smallest absolute Gasteiger partial charge is 0.269 e. The summed E-state index contributed by atoms with van der Waals surface area (Å²) in [4.78, 5) is 12.3. The number of halogens is 2. The van der Waals surface area contributed by atoms with Crippen LogP contribution in [0.4, 0.5) is 10.1 Å². The maximum atomic E-state index is 13.1. The van der Waals surface area contributed by atoms with Crippen LogP contribution in [0.1, 0.15) is 11.1 Å². The van der Waals surface area contributed by atoms with E-state index in [-0.39, 0.29) is 11.5 Å². The number of non-ortho nitro benzene ring substituents is 1. The number of hydrogen-bond acceptors (Lipinski definition) is 3. The number of rotatable bonds is 5. The fraction of sp³-hybridized carbons (Fsp3) is 0.200. The minimum atomic E-state index is -0.452. The first-order valence-electron chi connectivity index (χ1n) is 6.31. The Kier molecular flexibility index (Phi) is 4.88. The van der Waals surface area contributed by atoms with Crippen molar-refractivity contribution >= 4 is 17.3 Å². The van der Waals surface area contributed by atoms with Crippen LogP contribution >= 0.6 is 11.6 Å². The molecule has 0 fully saturated rings. The highest BCUT2D eigenvalue weighted by Crippen LogP contribution is 2.23. The van der Waals surface area contributed by atoms with Gasteiger partial charge in [0.2, 0.25) is 0 Å².